The monoisotopic (exact) mass is 590 g/mol. The summed E-state index contributed by atoms with van der Waals surface area (Å²) in [6.07, 6.45) is 17.7. The first-order valence-electron chi connectivity index (χ1n) is 15.7. The van der Waals surface area contributed by atoms with Gasteiger partial charge in [-0.05, 0) is 80.0 Å². The fourth-order valence-corrected chi connectivity index (χ4v) is 7.94. The summed E-state index contributed by atoms with van der Waals surface area (Å²) in [6.45, 7) is 3.15. The van der Waals surface area contributed by atoms with Crippen LogP contribution in [-0.4, -0.2) is 67.3 Å². The highest BCUT2D eigenvalue weighted by Gasteiger charge is 2.45. The van der Waals surface area contributed by atoms with Gasteiger partial charge < -0.3 is 15.5 Å². The van der Waals surface area contributed by atoms with Gasteiger partial charge in [-0.15, -0.1) is 0 Å². The lowest BCUT2D eigenvalue weighted by Crippen LogP contribution is -2.57. The number of piperidine rings is 2. The molecule has 9 nitrogen and oxygen atoms in total. The number of aromatic nitrogens is 5. The maximum absolute atomic E-state index is 14.6. The van der Waals surface area contributed by atoms with E-state index in [1.165, 1.54) is 32.1 Å². The van der Waals surface area contributed by atoms with E-state index < -0.39 is 0 Å². The molecule has 1 saturated carbocycles. The molecule has 3 fully saturated rings. The van der Waals surface area contributed by atoms with Gasteiger partial charge in [0.05, 0.1) is 5.92 Å². The van der Waals surface area contributed by atoms with Crippen molar-refractivity contribution in [2.24, 2.45) is 23.0 Å². The normalized spacial score (nSPS) is 24.0. The zero-order valence-corrected chi connectivity index (χ0v) is 25.2. The highest BCUT2D eigenvalue weighted by atomic mass is 35.5. The quantitative estimate of drug-likeness (QED) is 0.403. The van der Waals surface area contributed by atoms with Crippen LogP contribution < -0.4 is 10.6 Å². The summed E-state index contributed by atoms with van der Waals surface area (Å²) in [7, 11) is 0. The fraction of sp³-hybridized carbons (Fsp3) is 0.594. The minimum atomic E-state index is -0.265. The number of carbonyl (C=O) groups excluding carboxylic acids is 1. The molecular formula is C32H43ClN8O. The second-order valence-electron chi connectivity index (χ2n) is 12.6. The fourth-order valence-electron chi connectivity index (χ4n) is 7.81. The Balaban J connectivity index is 1.26. The number of carbonyl (C=O) groups is 1. The molecule has 2 aromatic heterocycles. The summed E-state index contributed by atoms with van der Waals surface area (Å²) >= 11 is 6.22. The molecule has 3 aromatic rings. The van der Waals surface area contributed by atoms with E-state index in [9.17, 15) is 4.79 Å². The van der Waals surface area contributed by atoms with Crippen molar-refractivity contribution in [3.63, 3.8) is 0 Å². The van der Waals surface area contributed by atoms with Gasteiger partial charge in [0.2, 0.25) is 11.9 Å². The van der Waals surface area contributed by atoms with E-state index in [0.717, 1.165) is 57.4 Å². The summed E-state index contributed by atoms with van der Waals surface area (Å²) in [4.78, 5) is 32.3. The average molecular weight is 591 g/mol. The summed E-state index contributed by atoms with van der Waals surface area (Å²) in [5.41, 5.74) is 7.80. The van der Waals surface area contributed by atoms with Crippen molar-refractivity contribution in [3.05, 3.63) is 66.0 Å². The Morgan fingerprint density at radius 1 is 1.02 bits per heavy atom. The van der Waals surface area contributed by atoms with Gasteiger partial charge in [0.25, 0.3) is 0 Å². The van der Waals surface area contributed by atoms with Gasteiger partial charge in [-0.3, -0.25) is 9.48 Å². The van der Waals surface area contributed by atoms with Gasteiger partial charge in [0, 0.05) is 55.7 Å². The van der Waals surface area contributed by atoms with Crippen LogP contribution in [0.5, 0.6) is 0 Å². The lowest BCUT2D eigenvalue weighted by Gasteiger charge is -2.49. The third-order valence-corrected chi connectivity index (χ3v) is 10.4. The standard InChI is InChI=1S/C32H43ClN8O/c33-26-9-7-24(8-10-26)19-28(29-20-27(34)11-16-41(29)31-36-14-4-15-37-31)30(42)39-17-12-32(13-18-39,21-40-23-35-22-38-40)25-5-2-1-3-6-25/h4,7-10,14-15,22-23,25,27-29H,1-3,5-6,11-13,16-21,34H2/t27?,28-,29?/m1/s1. The average Bonchev–Trinajstić information content (AvgIpc) is 3.54. The molecule has 224 valence electrons. The number of nitrogens with two attached hydrogens (primary N) is 1. The smallest absolute Gasteiger partial charge is 0.228 e. The van der Waals surface area contributed by atoms with E-state index in [1.54, 1.807) is 18.7 Å². The lowest BCUT2D eigenvalue weighted by molar-refractivity contribution is -0.140. The first kappa shape index (κ1) is 29.1. The molecule has 0 radical (unpaired) electrons. The second-order valence-corrected chi connectivity index (χ2v) is 13.1. The topological polar surface area (TPSA) is 106 Å². The van der Waals surface area contributed by atoms with Crippen molar-refractivity contribution in [2.45, 2.75) is 82.8 Å². The molecule has 2 N–H and O–H groups in total. The van der Waals surface area contributed by atoms with Gasteiger partial charge in [-0.2, -0.15) is 5.10 Å². The van der Waals surface area contributed by atoms with Crippen molar-refractivity contribution in [1.29, 1.82) is 0 Å². The highest BCUT2D eigenvalue weighted by Crippen LogP contribution is 2.47. The van der Waals surface area contributed by atoms with Crippen LogP contribution in [-0.2, 0) is 17.8 Å². The van der Waals surface area contributed by atoms with Gasteiger partial charge in [0.15, 0.2) is 0 Å². The lowest BCUT2D eigenvalue weighted by atomic mass is 9.63. The molecule has 2 aliphatic heterocycles. The van der Waals surface area contributed by atoms with Crippen molar-refractivity contribution < 1.29 is 4.79 Å². The number of hydrogen-bond acceptors (Lipinski definition) is 7. The third-order valence-electron chi connectivity index (χ3n) is 10.1. The number of nitrogens with zero attached hydrogens (tertiary/aromatic N) is 7. The Hall–Kier alpha value is -3.04. The van der Waals surface area contributed by atoms with Gasteiger partial charge >= 0.3 is 0 Å². The third kappa shape index (κ3) is 6.47. The van der Waals surface area contributed by atoms with Gasteiger partial charge in [-0.1, -0.05) is 43.0 Å². The molecule has 1 aliphatic carbocycles. The van der Waals surface area contributed by atoms with Crippen LogP contribution >= 0.6 is 11.6 Å². The number of hydrogen-bond donors (Lipinski definition) is 1. The number of benzene rings is 1. The molecule has 0 bridgehead atoms. The molecule has 3 atom stereocenters. The molecule has 1 amide bonds. The maximum Gasteiger partial charge on any atom is 0.228 e. The first-order chi connectivity index (χ1) is 20.5. The van der Waals surface area contributed by atoms with Crippen LogP contribution in [0.3, 0.4) is 0 Å². The molecule has 1 aromatic carbocycles. The van der Waals surface area contributed by atoms with E-state index in [2.05, 4.69) is 29.9 Å². The highest BCUT2D eigenvalue weighted by molar-refractivity contribution is 6.30. The van der Waals surface area contributed by atoms with Crippen molar-refractivity contribution in [2.75, 3.05) is 24.5 Å². The molecule has 2 unspecified atom stereocenters. The molecule has 10 heteroatoms. The van der Waals surface area contributed by atoms with E-state index in [-0.39, 0.29) is 29.3 Å². The van der Waals surface area contributed by atoms with Crippen LogP contribution in [0.2, 0.25) is 5.02 Å². The number of halogens is 1. The van der Waals surface area contributed by atoms with Crippen molar-refractivity contribution in [1.82, 2.24) is 29.6 Å². The summed E-state index contributed by atoms with van der Waals surface area (Å²) in [5.74, 6) is 1.28. The Morgan fingerprint density at radius 2 is 1.76 bits per heavy atom. The molecule has 42 heavy (non-hydrogen) atoms. The molecule has 3 aliphatic rings. The van der Waals surface area contributed by atoms with Crippen molar-refractivity contribution in [3.8, 4) is 0 Å². The number of anilines is 1. The van der Waals surface area contributed by atoms with Gasteiger partial charge in [0.1, 0.15) is 12.7 Å². The van der Waals surface area contributed by atoms with Crippen LogP contribution in [0.1, 0.15) is 63.4 Å². The Labute approximate surface area is 253 Å². The van der Waals surface area contributed by atoms with Crippen molar-refractivity contribution >= 4 is 23.5 Å². The second kappa shape index (κ2) is 13.1. The largest absolute Gasteiger partial charge is 0.342 e. The molecule has 2 saturated heterocycles. The summed E-state index contributed by atoms with van der Waals surface area (Å²) in [6, 6.07) is 9.68. The Morgan fingerprint density at radius 3 is 2.45 bits per heavy atom. The van der Waals surface area contributed by atoms with Gasteiger partial charge in [-0.25, -0.2) is 15.0 Å². The van der Waals surface area contributed by atoms with Crippen LogP contribution in [0.25, 0.3) is 0 Å². The summed E-state index contributed by atoms with van der Waals surface area (Å²) in [5, 5.41) is 5.17. The number of amides is 1. The first-order valence-corrected chi connectivity index (χ1v) is 16.0. The van der Waals surface area contributed by atoms with Crippen LogP contribution in [0.4, 0.5) is 5.95 Å². The van der Waals surface area contributed by atoms with Crippen LogP contribution in [0.15, 0.2) is 55.4 Å². The zero-order valence-electron chi connectivity index (χ0n) is 24.4. The van der Waals surface area contributed by atoms with E-state index in [4.69, 9.17) is 17.3 Å². The van der Waals surface area contributed by atoms with E-state index >= 15 is 0 Å². The van der Waals surface area contributed by atoms with E-state index in [0.29, 0.717) is 23.3 Å². The molecule has 4 heterocycles. The summed E-state index contributed by atoms with van der Waals surface area (Å²) < 4.78 is 2.01. The number of likely N-dealkylation sites (tertiary alicyclic amines) is 1. The maximum atomic E-state index is 14.6. The number of rotatable bonds is 8. The Kier molecular flexibility index (Phi) is 9.05. The minimum Gasteiger partial charge on any atom is -0.342 e. The molecule has 6 rings (SSSR count). The predicted octanol–water partition coefficient (Wildman–Crippen LogP) is 4.77. The predicted molar refractivity (Wildman–Crippen MR) is 164 cm³/mol. The molecule has 0 spiro atoms. The Bertz CT molecular complexity index is 1270. The molecular weight excluding hydrogens is 548 g/mol. The zero-order chi connectivity index (χ0) is 28.9. The minimum absolute atomic E-state index is 0.0402. The SMILES string of the molecule is NC1CCN(c2ncccn2)C([C@@H](Cc2ccc(Cl)cc2)C(=O)N2CCC(Cn3cncn3)(C3CCCCC3)CC2)C1. The van der Waals surface area contributed by atoms with E-state index in [1.807, 2.05) is 41.3 Å². The van der Waals surface area contributed by atoms with Crippen LogP contribution in [0, 0.1) is 17.3 Å².